The summed E-state index contributed by atoms with van der Waals surface area (Å²) >= 11 is 3.51. The van der Waals surface area contributed by atoms with E-state index in [4.69, 9.17) is 4.74 Å². The number of halogens is 1. The van der Waals surface area contributed by atoms with Crippen LogP contribution < -0.4 is 4.74 Å². The number of carbonyl (C=O) groups is 1. The molecule has 0 spiro atoms. The van der Waals surface area contributed by atoms with Gasteiger partial charge in [-0.3, -0.25) is 0 Å². The van der Waals surface area contributed by atoms with E-state index in [1.807, 2.05) is 18.2 Å². The normalized spacial score (nSPS) is 12.3. The Morgan fingerprint density at radius 2 is 2.14 bits per heavy atom. The fourth-order valence-corrected chi connectivity index (χ4v) is 3.72. The molecule has 0 saturated carbocycles. The molecule has 2 aromatic carbocycles. The molecule has 0 aliphatic heterocycles. The van der Waals surface area contributed by atoms with Gasteiger partial charge in [0.25, 0.3) is 0 Å². The third kappa shape index (κ3) is 1.72. The average Bonchev–Trinajstić information content (AvgIpc) is 3.02. The van der Waals surface area contributed by atoms with Crippen LogP contribution in [0.3, 0.4) is 0 Å². The van der Waals surface area contributed by atoms with Gasteiger partial charge in [0.15, 0.2) is 0 Å². The Morgan fingerprint density at radius 1 is 1.32 bits per heavy atom. The maximum Gasteiger partial charge on any atom is 0.335 e. The van der Waals surface area contributed by atoms with E-state index in [0.29, 0.717) is 12.0 Å². The molecule has 0 fully saturated rings. The first-order valence-corrected chi connectivity index (χ1v) is 7.63. The van der Waals surface area contributed by atoms with E-state index < -0.39 is 5.97 Å². The van der Waals surface area contributed by atoms with Crippen LogP contribution in [0.5, 0.6) is 5.75 Å². The SMILES string of the molecule is COc1cc2[nH]c3c(c2cc1Br)Cc1c(C(=O)O)cccc1-3. The maximum atomic E-state index is 11.4. The van der Waals surface area contributed by atoms with Crippen LogP contribution in [0.4, 0.5) is 0 Å². The van der Waals surface area contributed by atoms with Crippen LogP contribution in [-0.2, 0) is 6.42 Å². The lowest BCUT2D eigenvalue weighted by atomic mass is 10.0. The van der Waals surface area contributed by atoms with Crippen LogP contribution in [0.2, 0.25) is 0 Å². The van der Waals surface area contributed by atoms with Crippen LogP contribution >= 0.6 is 15.9 Å². The highest BCUT2D eigenvalue weighted by Crippen LogP contribution is 2.43. The predicted octanol–water partition coefficient (Wildman–Crippen LogP) is 4.21. The smallest absolute Gasteiger partial charge is 0.335 e. The zero-order chi connectivity index (χ0) is 15.4. The molecule has 22 heavy (non-hydrogen) atoms. The highest BCUT2D eigenvalue weighted by molar-refractivity contribution is 9.10. The number of nitrogens with one attached hydrogen (secondary N) is 1. The van der Waals surface area contributed by atoms with Crippen molar-refractivity contribution < 1.29 is 14.6 Å². The monoisotopic (exact) mass is 357 g/mol. The molecule has 4 rings (SSSR count). The molecule has 1 heterocycles. The van der Waals surface area contributed by atoms with Gasteiger partial charge in [-0.2, -0.15) is 0 Å². The number of methoxy groups -OCH3 is 1. The quantitative estimate of drug-likeness (QED) is 0.564. The second-order valence-corrected chi connectivity index (χ2v) is 6.18. The molecule has 0 bridgehead atoms. The molecule has 1 aliphatic carbocycles. The van der Waals surface area contributed by atoms with Gasteiger partial charge in [-0.25, -0.2) is 4.79 Å². The van der Waals surface area contributed by atoms with E-state index in [1.54, 1.807) is 19.2 Å². The zero-order valence-corrected chi connectivity index (χ0v) is 13.3. The second kappa shape index (κ2) is 4.61. The molecular weight excluding hydrogens is 346 g/mol. The summed E-state index contributed by atoms with van der Waals surface area (Å²) in [4.78, 5) is 14.8. The van der Waals surface area contributed by atoms with Crippen molar-refractivity contribution in [2.75, 3.05) is 7.11 Å². The summed E-state index contributed by atoms with van der Waals surface area (Å²) in [5, 5.41) is 10.4. The van der Waals surface area contributed by atoms with Crippen molar-refractivity contribution in [3.05, 3.63) is 51.5 Å². The van der Waals surface area contributed by atoms with Gasteiger partial charge in [0.1, 0.15) is 5.75 Å². The number of carboxylic acids is 1. The van der Waals surface area contributed by atoms with E-state index in [-0.39, 0.29) is 0 Å². The summed E-state index contributed by atoms with van der Waals surface area (Å²) in [6.07, 6.45) is 0.631. The molecule has 3 aromatic rings. The van der Waals surface area contributed by atoms with Crippen LogP contribution in [-0.4, -0.2) is 23.2 Å². The molecule has 2 N–H and O–H groups in total. The number of hydrogen-bond donors (Lipinski definition) is 2. The third-order valence-electron chi connectivity index (χ3n) is 4.21. The fourth-order valence-electron chi connectivity index (χ4n) is 3.21. The molecule has 0 radical (unpaired) electrons. The first kappa shape index (κ1) is 13.4. The Morgan fingerprint density at radius 3 is 2.86 bits per heavy atom. The van der Waals surface area contributed by atoms with Crippen molar-refractivity contribution in [3.63, 3.8) is 0 Å². The number of rotatable bonds is 2. The predicted molar refractivity (Wildman–Crippen MR) is 87.8 cm³/mol. The van der Waals surface area contributed by atoms with Crippen LogP contribution in [0.25, 0.3) is 22.2 Å². The van der Waals surface area contributed by atoms with Crippen molar-refractivity contribution in [1.29, 1.82) is 0 Å². The average molecular weight is 358 g/mol. The number of fused-ring (bicyclic) bond motifs is 5. The van der Waals surface area contributed by atoms with E-state index in [2.05, 4.69) is 20.9 Å². The number of hydrogen-bond acceptors (Lipinski definition) is 2. The van der Waals surface area contributed by atoms with Crippen molar-refractivity contribution in [1.82, 2.24) is 4.98 Å². The Labute approximate surface area is 134 Å². The first-order chi connectivity index (χ1) is 10.6. The van der Waals surface area contributed by atoms with Crippen molar-refractivity contribution in [2.45, 2.75) is 6.42 Å². The Balaban J connectivity index is 1.99. The number of ether oxygens (including phenoxy) is 1. The molecule has 0 saturated heterocycles. The number of aromatic carboxylic acids is 1. The second-order valence-electron chi connectivity index (χ2n) is 5.32. The molecule has 4 nitrogen and oxygen atoms in total. The standard InChI is InChI=1S/C17H12BrNO3/c1-22-15-7-14-11(6-13(15)18)12-5-10-8(16(12)19-14)3-2-4-9(10)17(20)21/h2-4,6-7,19H,5H2,1H3,(H,20,21). The molecule has 0 amide bonds. The molecule has 0 atom stereocenters. The number of carboxylic acid groups (broad SMARTS) is 1. The number of benzene rings is 2. The van der Waals surface area contributed by atoms with E-state index >= 15 is 0 Å². The number of aromatic amines is 1. The lowest BCUT2D eigenvalue weighted by Crippen LogP contribution is -2.01. The molecule has 1 aliphatic rings. The number of H-pyrrole nitrogens is 1. The van der Waals surface area contributed by atoms with Gasteiger partial charge < -0.3 is 14.8 Å². The zero-order valence-electron chi connectivity index (χ0n) is 11.7. The summed E-state index contributed by atoms with van der Waals surface area (Å²) < 4.78 is 6.22. The first-order valence-electron chi connectivity index (χ1n) is 6.83. The minimum Gasteiger partial charge on any atom is -0.495 e. The molecule has 0 unspecified atom stereocenters. The molecular formula is C17H12BrNO3. The largest absolute Gasteiger partial charge is 0.495 e. The molecule has 5 heteroatoms. The summed E-state index contributed by atoms with van der Waals surface area (Å²) in [6, 6.07) is 9.40. The van der Waals surface area contributed by atoms with Crippen LogP contribution in [0.1, 0.15) is 21.5 Å². The number of aromatic nitrogens is 1. The highest BCUT2D eigenvalue weighted by atomic mass is 79.9. The van der Waals surface area contributed by atoms with Gasteiger partial charge in [0.2, 0.25) is 0 Å². The highest BCUT2D eigenvalue weighted by Gasteiger charge is 2.27. The molecule has 110 valence electrons. The minimum atomic E-state index is -0.880. The summed E-state index contributed by atoms with van der Waals surface area (Å²) in [7, 11) is 1.64. The Hall–Kier alpha value is -2.27. The fraction of sp³-hybridized carbons (Fsp3) is 0.118. The minimum absolute atomic E-state index is 0.378. The summed E-state index contributed by atoms with van der Waals surface area (Å²) in [5.41, 5.74) is 5.38. The van der Waals surface area contributed by atoms with Gasteiger partial charge in [0, 0.05) is 29.0 Å². The lowest BCUT2D eigenvalue weighted by Gasteiger charge is -2.06. The topological polar surface area (TPSA) is 62.3 Å². The van der Waals surface area contributed by atoms with Crippen LogP contribution in [0, 0.1) is 0 Å². The lowest BCUT2D eigenvalue weighted by molar-refractivity contribution is 0.0696. The van der Waals surface area contributed by atoms with Crippen molar-refractivity contribution in [2.24, 2.45) is 0 Å². The van der Waals surface area contributed by atoms with E-state index in [9.17, 15) is 9.90 Å². The third-order valence-corrected chi connectivity index (χ3v) is 4.83. The summed E-state index contributed by atoms with van der Waals surface area (Å²) in [6.45, 7) is 0. The van der Waals surface area contributed by atoms with Gasteiger partial charge in [-0.05, 0) is 39.2 Å². The summed E-state index contributed by atoms with van der Waals surface area (Å²) in [5.74, 6) is -0.110. The van der Waals surface area contributed by atoms with E-state index in [1.165, 1.54) is 0 Å². The van der Waals surface area contributed by atoms with Gasteiger partial charge in [0.05, 0.1) is 22.8 Å². The van der Waals surface area contributed by atoms with Gasteiger partial charge in [-0.15, -0.1) is 0 Å². The van der Waals surface area contributed by atoms with Crippen LogP contribution in [0.15, 0.2) is 34.8 Å². The van der Waals surface area contributed by atoms with Gasteiger partial charge >= 0.3 is 5.97 Å². The Bertz CT molecular complexity index is 943. The maximum absolute atomic E-state index is 11.4. The van der Waals surface area contributed by atoms with Gasteiger partial charge in [-0.1, -0.05) is 12.1 Å². The van der Waals surface area contributed by atoms with Crippen molar-refractivity contribution in [3.8, 4) is 17.0 Å². The van der Waals surface area contributed by atoms with Crippen molar-refractivity contribution >= 4 is 32.8 Å². The van der Waals surface area contributed by atoms with E-state index in [0.717, 1.165) is 43.5 Å². The Kier molecular flexibility index (Phi) is 2.81. The molecule has 1 aromatic heterocycles.